The molecular weight excluding hydrogens is 318 g/mol. The van der Waals surface area contributed by atoms with Gasteiger partial charge in [-0.25, -0.2) is 0 Å². The standard InChI is InChI=1S/C12H27P.3CHO.Ni/c1-4-7-10-13(11-8-5-2)12-9-6-3;3*1-2;/h4-12H2,1-3H3;3*1H;/q;3*-1;+3/p+1. The summed E-state index contributed by atoms with van der Waals surface area (Å²) in [6.45, 7) is 16.7. The van der Waals surface area contributed by atoms with Crippen LogP contribution in [0.15, 0.2) is 0 Å². The van der Waals surface area contributed by atoms with E-state index in [1.165, 1.54) is 38.5 Å². The minimum atomic E-state index is 0. The van der Waals surface area contributed by atoms with Gasteiger partial charge in [0.25, 0.3) is 0 Å². The minimum absolute atomic E-state index is 0. The quantitative estimate of drug-likeness (QED) is 0.276. The second-order valence-electron chi connectivity index (χ2n) is 4.06. The molecule has 0 saturated carbocycles. The predicted molar refractivity (Wildman–Crippen MR) is 87.9 cm³/mol. The van der Waals surface area contributed by atoms with Crippen molar-refractivity contribution in [1.29, 1.82) is 0 Å². The first kappa shape index (κ1) is 32.0. The summed E-state index contributed by atoms with van der Waals surface area (Å²) in [5.74, 6) is 0. The maximum Gasteiger partial charge on any atom is 3.00 e. The van der Waals surface area contributed by atoms with Crippen molar-refractivity contribution in [1.82, 2.24) is 0 Å². The molecule has 0 amide bonds. The van der Waals surface area contributed by atoms with Crippen molar-refractivity contribution in [2.45, 2.75) is 59.3 Å². The van der Waals surface area contributed by atoms with Crippen LogP contribution in [0.3, 0.4) is 0 Å². The Morgan fingerprint density at radius 2 is 0.800 bits per heavy atom. The topological polar surface area (TPSA) is 51.2 Å². The van der Waals surface area contributed by atoms with Gasteiger partial charge in [0.05, 0.1) is 18.5 Å². The molecule has 0 aromatic carbocycles. The molecule has 0 unspecified atom stereocenters. The van der Waals surface area contributed by atoms with Gasteiger partial charge in [0, 0.05) is 7.92 Å². The molecule has 0 N–H and O–H groups in total. The summed E-state index contributed by atoms with van der Waals surface area (Å²) in [7, 11) is 0.0675. The number of rotatable bonds is 9. The van der Waals surface area contributed by atoms with Gasteiger partial charge in [0.15, 0.2) is 0 Å². The molecule has 5 heteroatoms. The molecule has 123 valence electrons. The molecule has 0 heterocycles. The zero-order valence-electron chi connectivity index (χ0n) is 13.1. The summed E-state index contributed by atoms with van der Waals surface area (Å²) < 4.78 is 0. The van der Waals surface area contributed by atoms with Crippen LogP contribution in [0.25, 0.3) is 0 Å². The van der Waals surface area contributed by atoms with Crippen LogP contribution in [0.5, 0.6) is 0 Å². The second kappa shape index (κ2) is 42.8. The fourth-order valence-corrected chi connectivity index (χ4v) is 4.97. The van der Waals surface area contributed by atoms with E-state index in [4.69, 9.17) is 14.4 Å². The van der Waals surface area contributed by atoms with E-state index in [9.17, 15) is 0 Å². The molecule has 0 bridgehead atoms. The van der Waals surface area contributed by atoms with Crippen molar-refractivity contribution in [3.63, 3.8) is 0 Å². The molecule has 0 aromatic heterocycles. The molecule has 0 spiro atoms. The molecule has 0 aromatic rings. The van der Waals surface area contributed by atoms with Crippen LogP contribution in [0, 0.1) is 0 Å². The van der Waals surface area contributed by atoms with Crippen LogP contribution in [-0.4, -0.2) is 38.9 Å². The molecule has 0 aliphatic carbocycles. The van der Waals surface area contributed by atoms with E-state index in [1.54, 1.807) is 18.5 Å². The second-order valence-corrected chi connectivity index (χ2v) is 7.06. The summed E-state index contributed by atoms with van der Waals surface area (Å²) in [5, 5.41) is 0. The Labute approximate surface area is 137 Å². The molecule has 3 nitrogen and oxygen atoms in total. The van der Waals surface area contributed by atoms with Crippen molar-refractivity contribution in [3.8, 4) is 0 Å². The first-order valence-electron chi connectivity index (χ1n) is 6.89. The van der Waals surface area contributed by atoms with Crippen molar-refractivity contribution < 1.29 is 30.9 Å². The smallest absolute Gasteiger partial charge is 0.545 e. The minimum Gasteiger partial charge on any atom is -0.545 e. The van der Waals surface area contributed by atoms with E-state index in [2.05, 4.69) is 41.1 Å². The largest absolute Gasteiger partial charge is 3.00 e. The van der Waals surface area contributed by atoms with E-state index in [0.29, 0.717) is 0 Å². The van der Waals surface area contributed by atoms with E-state index in [-0.39, 0.29) is 24.4 Å². The SMILES string of the molecule is CCCC[PH+](CCCC)CCCC.[CH-]=O.[CH-]=O.[CH-]=O.[Ni+3]. The molecule has 1 radical (unpaired) electrons. The molecule has 0 aliphatic rings. The third kappa shape index (κ3) is 36.1. The van der Waals surface area contributed by atoms with Crippen LogP contribution < -0.4 is 0 Å². The summed E-state index contributed by atoms with van der Waals surface area (Å²) in [4.78, 5) is 23.2. The van der Waals surface area contributed by atoms with Gasteiger partial charge in [-0.2, -0.15) is 0 Å². The predicted octanol–water partition coefficient (Wildman–Crippen LogP) is 3.78. The third-order valence-electron chi connectivity index (χ3n) is 2.65. The van der Waals surface area contributed by atoms with Crippen LogP contribution in [0.1, 0.15) is 59.3 Å². The van der Waals surface area contributed by atoms with E-state index >= 15 is 0 Å². The molecule has 0 saturated heterocycles. The van der Waals surface area contributed by atoms with Gasteiger partial charge in [-0.3, -0.25) is 20.4 Å². The summed E-state index contributed by atoms with van der Waals surface area (Å²) in [5.41, 5.74) is 0. The number of hydrogen-bond acceptors (Lipinski definition) is 3. The number of hydrogen-bond donors (Lipinski definition) is 0. The monoisotopic (exact) mass is 348 g/mol. The van der Waals surface area contributed by atoms with Gasteiger partial charge in [-0.1, -0.05) is 40.0 Å². The van der Waals surface area contributed by atoms with Crippen LogP contribution in [0.4, 0.5) is 0 Å². The molecular formula is C15H31NiO3P+. The third-order valence-corrected chi connectivity index (χ3v) is 5.83. The fourth-order valence-electron chi connectivity index (χ4n) is 1.66. The maximum absolute atomic E-state index is 7.75. The van der Waals surface area contributed by atoms with Crippen LogP contribution >= 0.6 is 7.92 Å². The van der Waals surface area contributed by atoms with Gasteiger partial charge in [0.1, 0.15) is 0 Å². The average Bonchev–Trinajstić information content (AvgIpc) is 2.52. The van der Waals surface area contributed by atoms with Crippen LogP contribution in [0.2, 0.25) is 0 Å². The number of carbonyl (C=O) groups excluding carboxylic acids is 3. The first-order chi connectivity index (χ1) is 9.35. The molecule has 20 heavy (non-hydrogen) atoms. The zero-order valence-corrected chi connectivity index (χ0v) is 15.1. The van der Waals surface area contributed by atoms with Crippen molar-refractivity contribution in [2.24, 2.45) is 0 Å². The Bertz CT molecular complexity index is 117. The van der Waals surface area contributed by atoms with Crippen molar-refractivity contribution >= 4 is 28.3 Å². The zero-order chi connectivity index (χ0) is 15.9. The summed E-state index contributed by atoms with van der Waals surface area (Å²) >= 11 is 0. The maximum atomic E-state index is 7.75. The van der Waals surface area contributed by atoms with Gasteiger partial charge in [0.2, 0.25) is 0 Å². The fraction of sp³-hybridized carbons (Fsp3) is 0.800. The number of unbranched alkanes of at least 4 members (excludes halogenated alkanes) is 3. The molecule has 0 atom stereocenters. The van der Waals surface area contributed by atoms with Gasteiger partial charge in [-0.15, -0.1) is 0 Å². The van der Waals surface area contributed by atoms with E-state index in [0.717, 1.165) is 0 Å². The normalized spacial score (nSPS) is 7.80. The van der Waals surface area contributed by atoms with Gasteiger partial charge >= 0.3 is 16.5 Å². The Balaban J connectivity index is -0.0000000940. The summed E-state index contributed by atoms with van der Waals surface area (Å²) in [6, 6.07) is 0. The van der Waals surface area contributed by atoms with Gasteiger partial charge < -0.3 is 14.4 Å². The molecule has 0 fully saturated rings. The van der Waals surface area contributed by atoms with Gasteiger partial charge in [-0.05, 0) is 19.3 Å². The Kier molecular flexibility index (Phi) is 68.5. The van der Waals surface area contributed by atoms with E-state index in [1.807, 2.05) is 0 Å². The molecule has 0 aliphatic heterocycles. The van der Waals surface area contributed by atoms with Crippen molar-refractivity contribution in [2.75, 3.05) is 18.5 Å². The van der Waals surface area contributed by atoms with E-state index < -0.39 is 0 Å². The Hall–Kier alpha value is -0.0665. The molecule has 0 rings (SSSR count). The first-order valence-corrected chi connectivity index (χ1v) is 9.01. The Morgan fingerprint density at radius 3 is 0.950 bits per heavy atom. The average molecular weight is 349 g/mol. The van der Waals surface area contributed by atoms with Crippen LogP contribution in [-0.2, 0) is 30.9 Å². The Morgan fingerprint density at radius 1 is 0.600 bits per heavy atom. The summed E-state index contributed by atoms with van der Waals surface area (Å²) in [6.07, 6.45) is 13.4. The van der Waals surface area contributed by atoms with Crippen molar-refractivity contribution in [3.05, 3.63) is 0 Å².